The summed E-state index contributed by atoms with van der Waals surface area (Å²) in [5.74, 6) is 0. The second-order valence-electron chi connectivity index (χ2n) is 13.6. The minimum Gasteiger partial charge on any atom is -0.310 e. The zero-order chi connectivity index (χ0) is 34.2. The molecule has 0 fully saturated rings. The Bertz CT molecular complexity index is 3140. The average Bonchev–Trinajstić information content (AvgIpc) is 3.60. The summed E-state index contributed by atoms with van der Waals surface area (Å²) in [5, 5.41) is 15.4. The molecule has 2 heteroatoms. The minimum absolute atomic E-state index is 1.13. The van der Waals surface area contributed by atoms with Gasteiger partial charge in [-0.25, -0.2) is 0 Å². The molecule has 0 N–H and O–H groups in total. The van der Waals surface area contributed by atoms with Crippen molar-refractivity contribution in [2.24, 2.45) is 0 Å². The van der Waals surface area contributed by atoms with Crippen LogP contribution in [0.4, 0.5) is 17.1 Å². The molecule has 11 rings (SSSR count). The van der Waals surface area contributed by atoms with Crippen LogP contribution in [0, 0.1) is 0 Å². The van der Waals surface area contributed by atoms with Crippen LogP contribution >= 0.6 is 11.3 Å². The zero-order valence-corrected chi connectivity index (χ0v) is 29.1. The SMILES string of the molecule is c1ccc(N(c2ccccc2)c2cccc3c4ccc(-c5cccc6sc7ccccc7c56)cc4c4c5ccccc5c5ccccc5c4c23)cc1. The Balaban J connectivity index is 1.34. The van der Waals surface area contributed by atoms with Crippen molar-refractivity contribution in [1.29, 1.82) is 0 Å². The first-order chi connectivity index (χ1) is 25.8. The van der Waals surface area contributed by atoms with Crippen molar-refractivity contribution in [3.63, 3.8) is 0 Å². The van der Waals surface area contributed by atoms with Crippen molar-refractivity contribution in [3.8, 4) is 11.1 Å². The largest absolute Gasteiger partial charge is 0.310 e. The van der Waals surface area contributed by atoms with Gasteiger partial charge in [-0.2, -0.15) is 0 Å². The summed E-state index contributed by atoms with van der Waals surface area (Å²) >= 11 is 1.88. The Morgan fingerprint density at radius 3 is 1.54 bits per heavy atom. The molecular formula is C50H31NS. The normalized spacial score (nSPS) is 11.8. The lowest BCUT2D eigenvalue weighted by atomic mass is 9.85. The Morgan fingerprint density at radius 1 is 0.308 bits per heavy atom. The maximum Gasteiger partial charge on any atom is 0.0546 e. The number of hydrogen-bond acceptors (Lipinski definition) is 2. The fraction of sp³-hybridized carbons (Fsp3) is 0. The molecule has 11 aromatic rings. The van der Waals surface area contributed by atoms with Crippen LogP contribution in [0.25, 0.3) is 85.2 Å². The van der Waals surface area contributed by atoms with E-state index in [9.17, 15) is 0 Å². The summed E-state index contributed by atoms with van der Waals surface area (Å²) in [6.07, 6.45) is 0. The Morgan fingerprint density at radius 2 is 0.827 bits per heavy atom. The van der Waals surface area contributed by atoms with Gasteiger partial charge in [0.25, 0.3) is 0 Å². The number of hydrogen-bond donors (Lipinski definition) is 0. The van der Waals surface area contributed by atoms with E-state index < -0.39 is 0 Å². The lowest BCUT2D eigenvalue weighted by Gasteiger charge is -2.28. The number of fused-ring (bicyclic) bond motifs is 14. The van der Waals surface area contributed by atoms with Crippen LogP contribution in [-0.4, -0.2) is 0 Å². The van der Waals surface area contributed by atoms with Gasteiger partial charge in [-0.3, -0.25) is 0 Å². The molecule has 0 aliphatic carbocycles. The second kappa shape index (κ2) is 11.5. The number of thiophene rings is 1. The van der Waals surface area contributed by atoms with Crippen molar-refractivity contribution >= 4 is 102 Å². The highest BCUT2D eigenvalue weighted by Gasteiger charge is 2.22. The quantitative estimate of drug-likeness (QED) is 0.168. The van der Waals surface area contributed by atoms with E-state index in [-0.39, 0.29) is 0 Å². The highest BCUT2D eigenvalue weighted by atomic mass is 32.1. The van der Waals surface area contributed by atoms with Gasteiger partial charge in [0.2, 0.25) is 0 Å². The van der Waals surface area contributed by atoms with Crippen molar-refractivity contribution in [1.82, 2.24) is 0 Å². The molecule has 1 nitrogen and oxygen atoms in total. The van der Waals surface area contributed by atoms with E-state index in [1.54, 1.807) is 0 Å². The van der Waals surface area contributed by atoms with E-state index in [1.165, 1.54) is 90.8 Å². The lowest BCUT2D eigenvalue weighted by Crippen LogP contribution is -2.10. The smallest absolute Gasteiger partial charge is 0.0546 e. The van der Waals surface area contributed by atoms with Gasteiger partial charge in [0.15, 0.2) is 0 Å². The minimum atomic E-state index is 1.13. The molecular weight excluding hydrogens is 647 g/mol. The summed E-state index contributed by atoms with van der Waals surface area (Å²) in [7, 11) is 0. The molecule has 0 aliphatic heterocycles. The maximum absolute atomic E-state index is 2.47. The van der Waals surface area contributed by atoms with E-state index in [0.29, 0.717) is 0 Å². The summed E-state index contributed by atoms with van der Waals surface area (Å²) < 4.78 is 2.65. The molecule has 0 aliphatic rings. The van der Waals surface area contributed by atoms with E-state index in [1.807, 2.05) is 11.3 Å². The van der Waals surface area contributed by atoms with Crippen LogP contribution in [0.15, 0.2) is 188 Å². The highest BCUT2D eigenvalue weighted by Crippen LogP contribution is 2.50. The summed E-state index contributed by atoms with van der Waals surface area (Å²) in [5.41, 5.74) is 5.95. The van der Waals surface area contributed by atoms with Gasteiger partial charge < -0.3 is 4.90 Å². The van der Waals surface area contributed by atoms with Crippen LogP contribution < -0.4 is 4.90 Å². The molecule has 242 valence electrons. The first kappa shape index (κ1) is 29.3. The fourth-order valence-corrected chi connectivity index (χ4v) is 9.78. The molecule has 52 heavy (non-hydrogen) atoms. The van der Waals surface area contributed by atoms with Crippen LogP contribution in [0.3, 0.4) is 0 Å². The predicted molar refractivity (Wildman–Crippen MR) is 227 cm³/mol. The zero-order valence-electron chi connectivity index (χ0n) is 28.3. The first-order valence-corrected chi connectivity index (χ1v) is 18.7. The summed E-state index contributed by atoms with van der Waals surface area (Å²) in [4.78, 5) is 2.42. The average molecular weight is 678 g/mol. The molecule has 0 atom stereocenters. The molecule has 0 saturated heterocycles. The number of anilines is 3. The third-order valence-electron chi connectivity index (χ3n) is 10.8. The monoisotopic (exact) mass is 677 g/mol. The molecule has 0 bridgehead atoms. The van der Waals surface area contributed by atoms with Gasteiger partial charge >= 0.3 is 0 Å². The number of benzene rings is 10. The van der Waals surface area contributed by atoms with Crippen LogP contribution in [0.5, 0.6) is 0 Å². The van der Waals surface area contributed by atoms with Crippen molar-refractivity contribution in [2.45, 2.75) is 0 Å². The summed E-state index contributed by atoms with van der Waals surface area (Å²) in [6.45, 7) is 0. The summed E-state index contributed by atoms with van der Waals surface area (Å²) in [6, 6.07) is 69.2. The van der Waals surface area contributed by atoms with Gasteiger partial charge in [-0.15, -0.1) is 11.3 Å². The predicted octanol–water partition coefficient (Wildman–Crippen LogP) is 15.0. The number of rotatable bonds is 4. The number of nitrogens with zero attached hydrogens (tertiary/aromatic N) is 1. The van der Waals surface area contributed by atoms with Gasteiger partial charge in [0, 0.05) is 42.3 Å². The van der Waals surface area contributed by atoms with Crippen molar-refractivity contribution in [2.75, 3.05) is 4.90 Å². The molecule has 0 radical (unpaired) electrons. The van der Waals surface area contributed by atoms with Crippen LogP contribution in [0.1, 0.15) is 0 Å². The molecule has 1 heterocycles. The molecule has 10 aromatic carbocycles. The molecule has 0 spiro atoms. The molecule has 0 amide bonds. The lowest BCUT2D eigenvalue weighted by molar-refractivity contribution is 1.30. The Kier molecular flexibility index (Phi) is 6.49. The Labute approximate surface area is 305 Å². The van der Waals surface area contributed by atoms with Gasteiger partial charge in [-0.1, -0.05) is 140 Å². The number of para-hydroxylation sites is 2. The highest BCUT2D eigenvalue weighted by molar-refractivity contribution is 7.25. The first-order valence-electron chi connectivity index (χ1n) is 17.9. The van der Waals surface area contributed by atoms with Crippen LogP contribution in [-0.2, 0) is 0 Å². The van der Waals surface area contributed by atoms with Gasteiger partial charge in [-0.05, 0) is 103 Å². The van der Waals surface area contributed by atoms with E-state index in [0.717, 1.165) is 11.4 Å². The molecule has 1 aromatic heterocycles. The third-order valence-corrected chi connectivity index (χ3v) is 11.9. The van der Waals surface area contributed by atoms with Gasteiger partial charge in [0.1, 0.15) is 0 Å². The van der Waals surface area contributed by atoms with E-state index in [2.05, 4.69) is 193 Å². The van der Waals surface area contributed by atoms with Crippen molar-refractivity contribution in [3.05, 3.63) is 188 Å². The molecule has 0 saturated carbocycles. The van der Waals surface area contributed by atoms with Crippen LogP contribution in [0.2, 0.25) is 0 Å². The van der Waals surface area contributed by atoms with E-state index in [4.69, 9.17) is 0 Å². The third kappa shape index (κ3) is 4.28. The van der Waals surface area contributed by atoms with Gasteiger partial charge in [0.05, 0.1) is 5.69 Å². The molecule has 0 unspecified atom stereocenters. The van der Waals surface area contributed by atoms with E-state index >= 15 is 0 Å². The Hall–Kier alpha value is -6.48. The fourth-order valence-electron chi connectivity index (χ4n) is 8.64. The standard InChI is InChI=1S/C50H31NS/c1-3-15-33(16-4-1)51(34-17-5-2-6-18-34)44-26-13-25-40-38-30-29-32(35-24-14-28-46-47(35)42-23-11-12-27-45(42)52-46)31-43(38)48-39-21-9-7-19-36(39)37-20-8-10-22-41(37)50(48)49(40)44/h1-31H. The second-order valence-corrected chi connectivity index (χ2v) is 14.7. The maximum atomic E-state index is 2.47. The topological polar surface area (TPSA) is 3.24 Å². The van der Waals surface area contributed by atoms with Crippen molar-refractivity contribution < 1.29 is 0 Å².